The number of anilines is 1. The number of rotatable bonds is 7. The predicted molar refractivity (Wildman–Crippen MR) is 111 cm³/mol. The molecule has 0 aromatic heterocycles. The molecule has 27 heavy (non-hydrogen) atoms. The third kappa shape index (κ3) is 5.84. The highest BCUT2D eigenvalue weighted by molar-refractivity contribution is 7.92. The van der Waals surface area contributed by atoms with Gasteiger partial charge in [0.2, 0.25) is 0 Å². The van der Waals surface area contributed by atoms with Gasteiger partial charge in [0.1, 0.15) is 0 Å². The predicted octanol–water partition coefficient (Wildman–Crippen LogP) is 2.91. The summed E-state index contributed by atoms with van der Waals surface area (Å²) in [6.07, 6.45) is 0. The summed E-state index contributed by atoms with van der Waals surface area (Å²) in [7, 11) is -2.38. The van der Waals surface area contributed by atoms with Gasteiger partial charge < -0.3 is 11.1 Å². The van der Waals surface area contributed by atoms with E-state index in [1.165, 1.54) is 19.2 Å². The number of sulfonamides is 1. The summed E-state index contributed by atoms with van der Waals surface area (Å²) >= 11 is 5.94. The zero-order valence-corrected chi connectivity index (χ0v) is 17.4. The van der Waals surface area contributed by atoms with Crippen LogP contribution in [0.5, 0.6) is 0 Å². The SMILES string of the molecule is CC(CN)CNC(=O)c1cccc(S(=O)(=O)N(C)c2cccc(Cl)c2)c1.Cl. The number of nitrogens with zero attached hydrogens (tertiary/aromatic N) is 1. The molecule has 1 amide bonds. The first kappa shape index (κ1) is 23.2. The molecule has 2 aromatic rings. The molecule has 0 saturated heterocycles. The van der Waals surface area contributed by atoms with Crippen molar-refractivity contribution in [2.45, 2.75) is 11.8 Å². The van der Waals surface area contributed by atoms with Gasteiger partial charge in [-0.3, -0.25) is 9.10 Å². The van der Waals surface area contributed by atoms with Crippen LogP contribution in [-0.2, 0) is 10.0 Å². The number of amides is 1. The Morgan fingerprint density at radius 3 is 2.52 bits per heavy atom. The van der Waals surface area contributed by atoms with E-state index in [1.807, 2.05) is 6.92 Å². The molecular formula is C18H23Cl2N3O3S. The normalized spacial score (nSPS) is 12.0. The lowest BCUT2D eigenvalue weighted by atomic mass is 10.1. The zero-order chi connectivity index (χ0) is 19.3. The Bertz CT molecular complexity index is 891. The van der Waals surface area contributed by atoms with Gasteiger partial charge in [-0.05, 0) is 48.9 Å². The van der Waals surface area contributed by atoms with E-state index in [0.717, 1.165) is 4.31 Å². The van der Waals surface area contributed by atoms with E-state index in [1.54, 1.807) is 36.4 Å². The number of hydrogen-bond acceptors (Lipinski definition) is 4. The number of hydrogen-bond donors (Lipinski definition) is 2. The molecule has 148 valence electrons. The van der Waals surface area contributed by atoms with Gasteiger partial charge in [0.25, 0.3) is 15.9 Å². The minimum Gasteiger partial charge on any atom is -0.352 e. The molecule has 3 N–H and O–H groups in total. The largest absolute Gasteiger partial charge is 0.352 e. The maximum Gasteiger partial charge on any atom is 0.264 e. The van der Waals surface area contributed by atoms with Gasteiger partial charge in [-0.15, -0.1) is 12.4 Å². The summed E-state index contributed by atoms with van der Waals surface area (Å²) in [6, 6.07) is 12.5. The number of halogens is 2. The van der Waals surface area contributed by atoms with Crippen LogP contribution in [0, 0.1) is 5.92 Å². The molecule has 0 aliphatic heterocycles. The van der Waals surface area contributed by atoms with E-state index >= 15 is 0 Å². The molecule has 9 heteroatoms. The van der Waals surface area contributed by atoms with Crippen molar-refractivity contribution in [2.75, 3.05) is 24.4 Å². The van der Waals surface area contributed by atoms with Crippen LogP contribution in [0.15, 0.2) is 53.4 Å². The van der Waals surface area contributed by atoms with Gasteiger partial charge in [-0.1, -0.05) is 30.7 Å². The van der Waals surface area contributed by atoms with Gasteiger partial charge in [0.15, 0.2) is 0 Å². The number of nitrogens with one attached hydrogen (secondary N) is 1. The summed E-state index contributed by atoms with van der Waals surface area (Å²) in [5.41, 5.74) is 6.24. The minimum atomic E-state index is -3.83. The van der Waals surface area contributed by atoms with Crippen molar-refractivity contribution in [2.24, 2.45) is 11.7 Å². The van der Waals surface area contributed by atoms with Crippen LogP contribution in [0.4, 0.5) is 5.69 Å². The Morgan fingerprint density at radius 1 is 1.22 bits per heavy atom. The number of nitrogens with two attached hydrogens (primary N) is 1. The molecular weight excluding hydrogens is 409 g/mol. The summed E-state index contributed by atoms with van der Waals surface area (Å²) in [5.74, 6) is -0.201. The van der Waals surface area contributed by atoms with Crippen molar-refractivity contribution in [3.05, 3.63) is 59.1 Å². The first-order valence-electron chi connectivity index (χ1n) is 8.08. The maximum absolute atomic E-state index is 12.9. The molecule has 2 rings (SSSR count). The van der Waals surface area contributed by atoms with E-state index in [0.29, 0.717) is 23.8 Å². The van der Waals surface area contributed by atoms with Gasteiger partial charge in [-0.25, -0.2) is 8.42 Å². The minimum absolute atomic E-state index is 0. The quantitative estimate of drug-likeness (QED) is 0.704. The van der Waals surface area contributed by atoms with E-state index < -0.39 is 10.0 Å². The van der Waals surface area contributed by atoms with Crippen molar-refractivity contribution >= 4 is 45.6 Å². The molecule has 1 atom stereocenters. The Balaban J connectivity index is 0.00000364. The molecule has 0 aliphatic carbocycles. The Morgan fingerprint density at radius 2 is 1.89 bits per heavy atom. The monoisotopic (exact) mass is 431 g/mol. The molecule has 0 fully saturated rings. The van der Waals surface area contributed by atoms with Crippen LogP contribution in [-0.4, -0.2) is 34.5 Å². The van der Waals surface area contributed by atoms with Gasteiger partial charge in [-0.2, -0.15) is 0 Å². The first-order valence-corrected chi connectivity index (χ1v) is 9.90. The fourth-order valence-electron chi connectivity index (χ4n) is 2.22. The average molecular weight is 432 g/mol. The van der Waals surface area contributed by atoms with Crippen LogP contribution < -0.4 is 15.4 Å². The third-order valence-corrected chi connectivity index (χ3v) is 5.96. The van der Waals surface area contributed by atoms with Crippen LogP contribution in [0.2, 0.25) is 5.02 Å². The fourth-order valence-corrected chi connectivity index (χ4v) is 3.64. The highest BCUT2D eigenvalue weighted by Crippen LogP contribution is 2.25. The summed E-state index contributed by atoms with van der Waals surface area (Å²) in [4.78, 5) is 12.3. The molecule has 0 heterocycles. The Hall–Kier alpha value is -1.80. The Labute approximate surface area is 171 Å². The summed E-state index contributed by atoms with van der Waals surface area (Å²) in [6.45, 7) is 2.80. The topological polar surface area (TPSA) is 92.5 Å². The lowest BCUT2D eigenvalue weighted by molar-refractivity contribution is 0.0948. The maximum atomic E-state index is 12.9. The van der Waals surface area contributed by atoms with Crippen LogP contribution in [0.3, 0.4) is 0 Å². The van der Waals surface area contributed by atoms with E-state index in [4.69, 9.17) is 17.3 Å². The van der Waals surface area contributed by atoms with Gasteiger partial charge in [0.05, 0.1) is 10.6 Å². The second-order valence-electron chi connectivity index (χ2n) is 6.03. The summed E-state index contributed by atoms with van der Waals surface area (Å²) < 4.78 is 26.9. The average Bonchev–Trinajstić information content (AvgIpc) is 2.65. The molecule has 2 aromatic carbocycles. The highest BCUT2D eigenvalue weighted by atomic mass is 35.5. The Kier molecular flexibility index (Phi) is 8.56. The van der Waals surface area contributed by atoms with Crippen molar-refractivity contribution in [3.8, 4) is 0 Å². The zero-order valence-electron chi connectivity index (χ0n) is 15.1. The number of carbonyl (C=O) groups is 1. The molecule has 0 spiro atoms. The van der Waals surface area contributed by atoms with E-state index in [-0.39, 0.29) is 34.7 Å². The van der Waals surface area contributed by atoms with E-state index in [9.17, 15) is 13.2 Å². The molecule has 0 bridgehead atoms. The van der Waals surface area contributed by atoms with Crippen LogP contribution >= 0.6 is 24.0 Å². The van der Waals surface area contributed by atoms with Gasteiger partial charge in [0, 0.05) is 24.2 Å². The fraction of sp³-hybridized carbons (Fsp3) is 0.278. The van der Waals surface area contributed by atoms with E-state index in [2.05, 4.69) is 5.32 Å². The van der Waals surface area contributed by atoms with Crippen LogP contribution in [0.25, 0.3) is 0 Å². The smallest absolute Gasteiger partial charge is 0.264 e. The molecule has 1 unspecified atom stereocenters. The van der Waals surface area contributed by atoms with Crippen molar-refractivity contribution < 1.29 is 13.2 Å². The third-order valence-electron chi connectivity index (χ3n) is 3.94. The second kappa shape index (κ2) is 9.94. The highest BCUT2D eigenvalue weighted by Gasteiger charge is 2.22. The molecule has 6 nitrogen and oxygen atoms in total. The van der Waals surface area contributed by atoms with Crippen molar-refractivity contribution in [3.63, 3.8) is 0 Å². The second-order valence-corrected chi connectivity index (χ2v) is 8.44. The van der Waals surface area contributed by atoms with Crippen LogP contribution in [0.1, 0.15) is 17.3 Å². The molecule has 0 aliphatic rings. The molecule has 0 saturated carbocycles. The van der Waals surface area contributed by atoms with Crippen molar-refractivity contribution in [1.82, 2.24) is 5.32 Å². The standard InChI is InChI=1S/C18H22ClN3O3S.ClH/c1-13(11-20)12-21-18(23)14-5-3-8-17(9-14)26(24,25)22(2)16-7-4-6-15(19)10-16;/h3-10,13H,11-12,20H2,1-2H3,(H,21,23);1H. The number of benzene rings is 2. The lowest BCUT2D eigenvalue weighted by Gasteiger charge is -2.20. The number of carbonyl (C=O) groups excluding carboxylic acids is 1. The lowest BCUT2D eigenvalue weighted by Crippen LogP contribution is -2.31. The van der Waals surface area contributed by atoms with Crippen molar-refractivity contribution in [1.29, 1.82) is 0 Å². The first-order chi connectivity index (χ1) is 12.3. The molecule has 0 radical (unpaired) electrons. The van der Waals surface area contributed by atoms with Gasteiger partial charge >= 0.3 is 0 Å². The summed E-state index contributed by atoms with van der Waals surface area (Å²) in [5, 5.41) is 3.19.